The van der Waals surface area contributed by atoms with Crippen LogP contribution in [0, 0.1) is 0 Å². The van der Waals surface area contributed by atoms with Gasteiger partial charge in [0.05, 0.1) is 12.8 Å². The van der Waals surface area contributed by atoms with E-state index in [9.17, 15) is 14.4 Å². The first-order valence-corrected chi connectivity index (χ1v) is 11.1. The number of barbiturate groups is 1. The number of rotatable bonds is 5. The Kier molecular flexibility index (Phi) is 6.62. The van der Waals surface area contributed by atoms with Gasteiger partial charge in [-0.15, -0.1) is 0 Å². The highest BCUT2D eigenvalue weighted by atomic mass is 79.9. The molecule has 8 heteroatoms. The summed E-state index contributed by atoms with van der Waals surface area (Å²) in [5, 5.41) is 2.59. The van der Waals surface area contributed by atoms with Crippen LogP contribution >= 0.6 is 27.5 Å². The van der Waals surface area contributed by atoms with E-state index in [0.717, 1.165) is 20.5 Å². The second-order valence-electron chi connectivity index (χ2n) is 7.27. The quantitative estimate of drug-likeness (QED) is 0.359. The smallest absolute Gasteiger partial charge is 0.335 e. The Labute approximate surface area is 203 Å². The van der Waals surface area contributed by atoms with Crippen molar-refractivity contribution >= 4 is 57.1 Å². The number of anilines is 1. The fourth-order valence-electron chi connectivity index (χ4n) is 3.51. The van der Waals surface area contributed by atoms with Gasteiger partial charge in [-0.25, -0.2) is 9.69 Å². The fraction of sp³-hybridized carbons (Fsp3) is 0.0800. The average molecular weight is 526 g/mol. The highest BCUT2D eigenvalue weighted by Gasteiger charge is 2.37. The predicted molar refractivity (Wildman–Crippen MR) is 130 cm³/mol. The molecule has 6 nitrogen and oxygen atoms in total. The standard InChI is InChI=1S/C25H18BrClN2O4/c1-33-20-10-9-15(17(12-20)11-16-5-2-3-8-22(16)26)13-21-23(30)28-25(32)29(24(21)31)19-7-4-6-18(27)14-19/h2-10,12-14H,11H2,1H3,(H,28,30,32)/b21-13+. The van der Waals surface area contributed by atoms with Crippen LogP contribution in [0.25, 0.3) is 6.08 Å². The van der Waals surface area contributed by atoms with Crippen molar-refractivity contribution in [2.45, 2.75) is 6.42 Å². The molecule has 4 amide bonds. The summed E-state index contributed by atoms with van der Waals surface area (Å²) >= 11 is 9.58. The number of hydrogen-bond donors (Lipinski definition) is 1. The third-order valence-electron chi connectivity index (χ3n) is 5.16. The number of carbonyl (C=O) groups is 3. The molecule has 3 aromatic rings. The second kappa shape index (κ2) is 9.60. The lowest BCUT2D eigenvalue weighted by Crippen LogP contribution is -2.54. The van der Waals surface area contributed by atoms with Crippen molar-refractivity contribution in [2.24, 2.45) is 0 Å². The van der Waals surface area contributed by atoms with E-state index in [-0.39, 0.29) is 11.3 Å². The monoisotopic (exact) mass is 524 g/mol. The number of hydrogen-bond acceptors (Lipinski definition) is 4. The highest BCUT2D eigenvalue weighted by molar-refractivity contribution is 9.10. The molecule has 3 aromatic carbocycles. The Hall–Kier alpha value is -3.42. The third-order valence-corrected chi connectivity index (χ3v) is 6.17. The molecular formula is C25H18BrClN2O4. The SMILES string of the molecule is COc1ccc(/C=C2\C(=O)NC(=O)N(c3cccc(Cl)c3)C2=O)c(Cc2ccccc2Br)c1. The van der Waals surface area contributed by atoms with Crippen molar-refractivity contribution in [3.8, 4) is 5.75 Å². The van der Waals surface area contributed by atoms with Crippen LogP contribution in [0.15, 0.2) is 76.8 Å². The summed E-state index contributed by atoms with van der Waals surface area (Å²) < 4.78 is 6.31. The summed E-state index contributed by atoms with van der Waals surface area (Å²) in [7, 11) is 1.57. The number of amides is 4. The number of benzene rings is 3. The first kappa shape index (κ1) is 22.8. The van der Waals surface area contributed by atoms with E-state index in [4.69, 9.17) is 16.3 Å². The van der Waals surface area contributed by atoms with Crippen LogP contribution in [0.3, 0.4) is 0 Å². The van der Waals surface area contributed by atoms with Crippen molar-refractivity contribution in [1.82, 2.24) is 5.32 Å². The summed E-state index contributed by atoms with van der Waals surface area (Å²) in [5.41, 5.74) is 2.64. The van der Waals surface area contributed by atoms with Gasteiger partial charge in [0.1, 0.15) is 11.3 Å². The molecule has 0 atom stereocenters. The Balaban J connectivity index is 1.77. The summed E-state index contributed by atoms with van der Waals surface area (Å²) in [4.78, 5) is 39.1. The minimum absolute atomic E-state index is 0.159. The van der Waals surface area contributed by atoms with Crippen LogP contribution in [0.4, 0.5) is 10.5 Å². The molecule has 0 radical (unpaired) electrons. The summed E-state index contributed by atoms with van der Waals surface area (Å²) in [6.07, 6.45) is 2.03. The minimum atomic E-state index is -0.826. The third kappa shape index (κ3) is 4.84. The molecule has 1 N–H and O–H groups in total. The molecular weight excluding hydrogens is 508 g/mol. The predicted octanol–water partition coefficient (Wildman–Crippen LogP) is 5.37. The van der Waals surface area contributed by atoms with Gasteiger partial charge in [-0.3, -0.25) is 14.9 Å². The first-order chi connectivity index (χ1) is 15.9. The van der Waals surface area contributed by atoms with Gasteiger partial charge >= 0.3 is 6.03 Å². The second-order valence-corrected chi connectivity index (χ2v) is 8.56. The van der Waals surface area contributed by atoms with Crippen molar-refractivity contribution < 1.29 is 19.1 Å². The van der Waals surface area contributed by atoms with Gasteiger partial charge < -0.3 is 4.74 Å². The Morgan fingerprint density at radius 2 is 1.79 bits per heavy atom. The molecule has 0 aromatic heterocycles. The van der Waals surface area contributed by atoms with Gasteiger partial charge in [0.2, 0.25) is 0 Å². The van der Waals surface area contributed by atoms with Gasteiger partial charge in [0, 0.05) is 9.50 Å². The van der Waals surface area contributed by atoms with E-state index in [1.165, 1.54) is 12.1 Å². The number of carbonyl (C=O) groups excluding carboxylic acids is 3. The van der Waals surface area contributed by atoms with Gasteiger partial charge in [-0.05, 0) is 65.6 Å². The molecule has 0 aliphatic carbocycles. The molecule has 0 unspecified atom stereocenters. The van der Waals surface area contributed by atoms with Gasteiger partial charge in [0.25, 0.3) is 11.8 Å². The minimum Gasteiger partial charge on any atom is -0.497 e. The van der Waals surface area contributed by atoms with E-state index in [1.54, 1.807) is 37.4 Å². The Morgan fingerprint density at radius 1 is 1.00 bits per heavy atom. The number of nitrogens with zero attached hydrogens (tertiary/aromatic N) is 1. The van der Waals surface area contributed by atoms with E-state index < -0.39 is 17.8 Å². The van der Waals surface area contributed by atoms with Crippen LogP contribution in [0.1, 0.15) is 16.7 Å². The molecule has 1 fully saturated rings. The number of ether oxygens (including phenoxy) is 1. The van der Waals surface area contributed by atoms with E-state index >= 15 is 0 Å². The number of methoxy groups -OCH3 is 1. The maximum absolute atomic E-state index is 13.2. The summed E-state index contributed by atoms with van der Waals surface area (Å²) in [6, 6.07) is 18.7. The van der Waals surface area contributed by atoms with Crippen LogP contribution in [-0.4, -0.2) is 25.0 Å². The van der Waals surface area contributed by atoms with Crippen LogP contribution in [-0.2, 0) is 16.0 Å². The molecule has 0 saturated carbocycles. The van der Waals surface area contributed by atoms with Crippen LogP contribution in [0.5, 0.6) is 5.75 Å². The molecule has 1 heterocycles. The van der Waals surface area contributed by atoms with E-state index in [0.29, 0.717) is 22.8 Å². The van der Waals surface area contributed by atoms with E-state index in [1.807, 2.05) is 30.3 Å². The molecule has 1 aliphatic rings. The lowest BCUT2D eigenvalue weighted by Gasteiger charge is -2.26. The summed E-state index contributed by atoms with van der Waals surface area (Å²) in [5.74, 6) is -0.839. The highest BCUT2D eigenvalue weighted by Crippen LogP contribution is 2.28. The van der Waals surface area contributed by atoms with Crippen molar-refractivity contribution in [3.63, 3.8) is 0 Å². The molecule has 0 spiro atoms. The molecule has 33 heavy (non-hydrogen) atoms. The van der Waals surface area contributed by atoms with Gasteiger partial charge in [-0.1, -0.05) is 57.9 Å². The van der Waals surface area contributed by atoms with Crippen molar-refractivity contribution in [2.75, 3.05) is 12.0 Å². The van der Waals surface area contributed by atoms with Gasteiger partial charge in [0.15, 0.2) is 0 Å². The zero-order valence-corrected chi connectivity index (χ0v) is 19.8. The van der Waals surface area contributed by atoms with Crippen molar-refractivity contribution in [3.05, 3.63) is 98.5 Å². The normalized spacial score (nSPS) is 15.1. The average Bonchev–Trinajstić information content (AvgIpc) is 2.79. The number of halogens is 2. The Morgan fingerprint density at radius 3 is 2.52 bits per heavy atom. The largest absolute Gasteiger partial charge is 0.497 e. The zero-order valence-electron chi connectivity index (χ0n) is 17.5. The van der Waals surface area contributed by atoms with Crippen molar-refractivity contribution in [1.29, 1.82) is 0 Å². The molecule has 1 saturated heterocycles. The lowest BCUT2D eigenvalue weighted by molar-refractivity contribution is -0.122. The topological polar surface area (TPSA) is 75.7 Å². The van der Waals surface area contributed by atoms with E-state index in [2.05, 4.69) is 21.2 Å². The first-order valence-electron chi connectivity index (χ1n) is 9.94. The van der Waals surface area contributed by atoms with Gasteiger partial charge in [-0.2, -0.15) is 0 Å². The number of urea groups is 1. The Bertz CT molecular complexity index is 1310. The van der Waals surface area contributed by atoms with Crippen LogP contribution < -0.4 is 15.0 Å². The molecule has 0 bridgehead atoms. The summed E-state index contributed by atoms with van der Waals surface area (Å²) in [6.45, 7) is 0. The fourth-order valence-corrected chi connectivity index (χ4v) is 4.12. The lowest BCUT2D eigenvalue weighted by atomic mass is 9.97. The maximum atomic E-state index is 13.2. The number of nitrogens with one attached hydrogen (secondary N) is 1. The van der Waals surface area contributed by atoms with Crippen LogP contribution in [0.2, 0.25) is 5.02 Å². The molecule has 1 aliphatic heterocycles. The number of imide groups is 2. The molecule has 4 rings (SSSR count). The maximum Gasteiger partial charge on any atom is 0.335 e. The zero-order chi connectivity index (χ0) is 23.5. The molecule has 166 valence electrons.